The van der Waals surface area contributed by atoms with Gasteiger partial charge in [0.15, 0.2) is 0 Å². The summed E-state index contributed by atoms with van der Waals surface area (Å²) in [6.07, 6.45) is 2.71. The summed E-state index contributed by atoms with van der Waals surface area (Å²) < 4.78 is 0. The SMILES string of the molecule is CCc1cc(=O)[nH]c(-c2ccc(NCC[C@H](C)O)nc2)n1. The fourth-order valence-electron chi connectivity index (χ4n) is 1.87. The highest BCUT2D eigenvalue weighted by atomic mass is 16.3. The highest BCUT2D eigenvalue weighted by Crippen LogP contribution is 2.14. The molecule has 0 saturated heterocycles. The summed E-state index contributed by atoms with van der Waals surface area (Å²) in [5, 5.41) is 12.3. The second-order valence-electron chi connectivity index (χ2n) is 4.94. The molecular formula is C15H20N4O2. The topological polar surface area (TPSA) is 90.9 Å². The predicted octanol–water partition coefficient (Wildman–Crippen LogP) is 1.58. The lowest BCUT2D eigenvalue weighted by Crippen LogP contribution is -2.11. The standard InChI is InChI=1S/C15H20N4O2/c1-3-12-8-14(21)19-15(18-12)11-4-5-13(17-9-11)16-7-6-10(2)20/h4-5,8-10,20H,3,6-7H2,1-2H3,(H,16,17)(H,18,19,21)/t10-/m0/s1. The van der Waals surface area contributed by atoms with Gasteiger partial charge in [0.1, 0.15) is 11.6 Å². The van der Waals surface area contributed by atoms with E-state index in [0.29, 0.717) is 25.2 Å². The lowest BCUT2D eigenvalue weighted by atomic mass is 10.2. The van der Waals surface area contributed by atoms with E-state index < -0.39 is 0 Å². The average Bonchev–Trinajstić information content (AvgIpc) is 2.47. The zero-order valence-corrected chi connectivity index (χ0v) is 12.3. The van der Waals surface area contributed by atoms with E-state index in [-0.39, 0.29) is 11.7 Å². The number of hydrogen-bond acceptors (Lipinski definition) is 5. The van der Waals surface area contributed by atoms with Crippen LogP contribution in [0.2, 0.25) is 0 Å². The molecule has 0 bridgehead atoms. The molecule has 0 radical (unpaired) electrons. The minimum Gasteiger partial charge on any atom is -0.393 e. The number of aromatic nitrogens is 3. The van der Waals surface area contributed by atoms with E-state index in [1.807, 2.05) is 19.1 Å². The van der Waals surface area contributed by atoms with Gasteiger partial charge in [0.25, 0.3) is 5.56 Å². The van der Waals surface area contributed by atoms with Crippen LogP contribution in [0.3, 0.4) is 0 Å². The van der Waals surface area contributed by atoms with Crippen LogP contribution in [0.4, 0.5) is 5.82 Å². The fourth-order valence-corrected chi connectivity index (χ4v) is 1.87. The Kier molecular flexibility index (Phi) is 5.05. The number of rotatable bonds is 6. The maximum absolute atomic E-state index is 11.6. The van der Waals surface area contributed by atoms with Gasteiger partial charge in [0, 0.05) is 30.1 Å². The second kappa shape index (κ2) is 6.99. The highest BCUT2D eigenvalue weighted by Gasteiger charge is 2.04. The summed E-state index contributed by atoms with van der Waals surface area (Å²) in [7, 11) is 0. The summed E-state index contributed by atoms with van der Waals surface area (Å²) in [5.74, 6) is 1.26. The monoisotopic (exact) mass is 288 g/mol. The van der Waals surface area contributed by atoms with E-state index in [0.717, 1.165) is 17.1 Å². The Hall–Kier alpha value is -2.21. The number of nitrogens with zero attached hydrogens (tertiary/aromatic N) is 2. The molecule has 0 aromatic carbocycles. The van der Waals surface area contributed by atoms with Crippen LogP contribution in [0.1, 0.15) is 26.0 Å². The van der Waals surface area contributed by atoms with E-state index in [1.165, 1.54) is 6.07 Å². The van der Waals surface area contributed by atoms with Crippen molar-refractivity contribution in [2.75, 3.05) is 11.9 Å². The normalized spacial score (nSPS) is 12.1. The smallest absolute Gasteiger partial charge is 0.251 e. The van der Waals surface area contributed by atoms with Crippen molar-refractivity contribution in [3.8, 4) is 11.4 Å². The molecule has 1 atom stereocenters. The molecular weight excluding hydrogens is 268 g/mol. The van der Waals surface area contributed by atoms with E-state index in [9.17, 15) is 9.90 Å². The summed E-state index contributed by atoms with van der Waals surface area (Å²) in [5.41, 5.74) is 1.37. The quantitative estimate of drug-likeness (QED) is 0.750. The number of aliphatic hydroxyl groups is 1. The van der Waals surface area contributed by atoms with Gasteiger partial charge in [-0.05, 0) is 31.9 Å². The fraction of sp³-hybridized carbons (Fsp3) is 0.400. The minimum absolute atomic E-state index is 0.156. The lowest BCUT2D eigenvalue weighted by Gasteiger charge is -2.08. The molecule has 0 unspecified atom stereocenters. The zero-order chi connectivity index (χ0) is 15.2. The molecule has 112 valence electrons. The van der Waals surface area contributed by atoms with Crippen LogP contribution in [-0.2, 0) is 6.42 Å². The molecule has 6 nitrogen and oxygen atoms in total. The number of aliphatic hydroxyl groups excluding tert-OH is 1. The maximum atomic E-state index is 11.6. The van der Waals surface area contributed by atoms with Crippen molar-refractivity contribution in [2.45, 2.75) is 32.8 Å². The largest absolute Gasteiger partial charge is 0.393 e. The Balaban J connectivity index is 2.11. The Morgan fingerprint density at radius 1 is 1.43 bits per heavy atom. The van der Waals surface area contributed by atoms with Crippen LogP contribution in [0, 0.1) is 0 Å². The van der Waals surface area contributed by atoms with E-state index in [1.54, 1.807) is 13.1 Å². The Morgan fingerprint density at radius 2 is 2.24 bits per heavy atom. The van der Waals surface area contributed by atoms with Crippen LogP contribution in [0.25, 0.3) is 11.4 Å². The molecule has 3 N–H and O–H groups in total. The van der Waals surface area contributed by atoms with Gasteiger partial charge in [0.2, 0.25) is 0 Å². The number of pyridine rings is 1. The van der Waals surface area contributed by atoms with Gasteiger partial charge in [-0.2, -0.15) is 0 Å². The van der Waals surface area contributed by atoms with E-state index in [4.69, 9.17) is 0 Å². The van der Waals surface area contributed by atoms with Crippen LogP contribution in [0.5, 0.6) is 0 Å². The summed E-state index contributed by atoms with van der Waals surface area (Å²) in [6.45, 7) is 4.37. The van der Waals surface area contributed by atoms with Crippen molar-refractivity contribution in [1.29, 1.82) is 0 Å². The predicted molar refractivity (Wildman–Crippen MR) is 82.3 cm³/mol. The van der Waals surface area contributed by atoms with Crippen LogP contribution < -0.4 is 10.9 Å². The van der Waals surface area contributed by atoms with Gasteiger partial charge in [-0.1, -0.05) is 6.92 Å². The third-order valence-corrected chi connectivity index (χ3v) is 3.06. The lowest BCUT2D eigenvalue weighted by molar-refractivity contribution is 0.188. The molecule has 2 aromatic rings. The molecule has 0 spiro atoms. The number of nitrogens with one attached hydrogen (secondary N) is 2. The maximum Gasteiger partial charge on any atom is 0.251 e. The van der Waals surface area contributed by atoms with Gasteiger partial charge >= 0.3 is 0 Å². The van der Waals surface area contributed by atoms with Crippen molar-refractivity contribution in [3.63, 3.8) is 0 Å². The number of aromatic amines is 1. The molecule has 21 heavy (non-hydrogen) atoms. The molecule has 0 saturated carbocycles. The Labute approximate surface area is 123 Å². The van der Waals surface area contributed by atoms with Gasteiger partial charge in [-0.3, -0.25) is 4.79 Å². The molecule has 2 aromatic heterocycles. The summed E-state index contributed by atoms with van der Waals surface area (Å²) >= 11 is 0. The van der Waals surface area contributed by atoms with Crippen LogP contribution >= 0.6 is 0 Å². The molecule has 0 fully saturated rings. The van der Waals surface area contributed by atoms with Gasteiger partial charge in [0.05, 0.1) is 6.10 Å². The Bertz CT molecular complexity index is 635. The third kappa shape index (κ3) is 4.39. The first-order valence-corrected chi connectivity index (χ1v) is 7.07. The number of aryl methyl sites for hydroxylation is 1. The van der Waals surface area contributed by atoms with Gasteiger partial charge < -0.3 is 15.4 Å². The highest BCUT2D eigenvalue weighted by molar-refractivity contribution is 5.55. The first kappa shape index (κ1) is 15.2. The molecule has 0 aliphatic heterocycles. The van der Waals surface area contributed by atoms with E-state index >= 15 is 0 Å². The summed E-state index contributed by atoms with van der Waals surface area (Å²) in [6, 6.07) is 5.19. The van der Waals surface area contributed by atoms with Crippen molar-refractivity contribution >= 4 is 5.82 Å². The third-order valence-electron chi connectivity index (χ3n) is 3.06. The molecule has 0 amide bonds. The van der Waals surface area contributed by atoms with Gasteiger partial charge in [-0.15, -0.1) is 0 Å². The molecule has 6 heteroatoms. The first-order chi connectivity index (χ1) is 10.1. The molecule has 2 rings (SSSR count). The molecule has 0 aliphatic carbocycles. The zero-order valence-electron chi connectivity index (χ0n) is 12.3. The number of anilines is 1. The van der Waals surface area contributed by atoms with Crippen molar-refractivity contribution in [3.05, 3.63) is 40.4 Å². The van der Waals surface area contributed by atoms with Crippen LogP contribution in [0.15, 0.2) is 29.2 Å². The second-order valence-corrected chi connectivity index (χ2v) is 4.94. The molecule has 2 heterocycles. The van der Waals surface area contributed by atoms with Gasteiger partial charge in [-0.25, -0.2) is 9.97 Å². The van der Waals surface area contributed by atoms with Crippen molar-refractivity contribution in [1.82, 2.24) is 15.0 Å². The van der Waals surface area contributed by atoms with Crippen molar-refractivity contribution in [2.24, 2.45) is 0 Å². The average molecular weight is 288 g/mol. The first-order valence-electron chi connectivity index (χ1n) is 7.07. The number of hydrogen-bond donors (Lipinski definition) is 3. The minimum atomic E-state index is -0.331. The van der Waals surface area contributed by atoms with Crippen LogP contribution in [-0.4, -0.2) is 32.7 Å². The Morgan fingerprint density at radius 3 is 2.86 bits per heavy atom. The van der Waals surface area contributed by atoms with E-state index in [2.05, 4.69) is 20.3 Å². The summed E-state index contributed by atoms with van der Waals surface area (Å²) in [4.78, 5) is 22.9. The number of H-pyrrole nitrogens is 1. The van der Waals surface area contributed by atoms with Crippen molar-refractivity contribution < 1.29 is 5.11 Å². The molecule has 0 aliphatic rings.